The van der Waals surface area contributed by atoms with Gasteiger partial charge in [0, 0.05) is 13.0 Å². The number of nitrogens with zero attached hydrogens (tertiary/aromatic N) is 1. The lowest BCUT2D eigenvalue weighted by atomic mass is 10.1. The number of aromatic amines is 1. The second kappa shape index (κ2) is 4.03. The zero-order valence-electron chi connectivity index (χ0n) is 9.52. The number of likely N-dealkylation sites (N-methyl/N-ethyl adjacent to an activating group) is 1. The predicted molar refractivity (Wildman–Crippen MR) is 63.2 cm³/mol. The molecule has 0 unspecified atom stereocenters. The molecule has 0 radical (unpaired) electrons. The highest BCUT2D eigenvalue weighted by Gasteiger charge is 2.03. The van der Waals surface area contributed by atoms with Gasteiger partial charge in [0.15, 0.2) is 0 Å². The summed E-state index contributed by atoms with van der Waals surface area (Å²) in [6, 6.07) is 4.31. The number of H-pyrrole nitrogens is 1. The van der Waals surface area contributed by atoms with E-state index in [1.807, 2.05) is 7.05 Å². The molecule has 0 spiro atoms. The maximum atomic E-state index is 4.56. The number of rotatable bonds is 3. The van der Waals surface area contributed by atoms with Crippen molar-refractivity contribution in [2.45, 2.75) is 20.3 Å². The average molecular weight is 203 g/mol. The third-order valence-corrected chi connectivity index (χ3v) is 2.76. The van der Waals surface area contributed by atoms with Crippen LogP contribution in [-0.4, -0.2) is 23.6 Å². The van der Waals surface area contributed by atoms with Gasteiger partial charge in [-0.05, 0) is 44.2 Å². The van der Waals surface area contributed by atoms with Gasteiger partial charge in [-0.1, -0.05) is 0 Å². The third kappa shape index (κ3) is 2.02. The Kier molecular flexibility index (Phi) is 2.73. The SMILES string of the molecule is CNCCc1nc2cc(C)c(C)cc2[nH]1. The van der Waals surface area contributed by atoms with Crippen LogP contribution in [0.15, 0.2) is 12.1 Å². The van der Waals surface area contributed by atoms with Crippen LogP contribution in [0.25, 0.3) is 11.0 Å². The molecule has 80 valence electrons. The first-order valence-electron chi connectivity index (χ1n) is 5.31. The normalized spacial score (nSPS) is 11.1. The molecular formula is C12H17N3. The molecule has 0 amide bonds. The maximum absolute atomic E-state index is 4.56. The summed E-state index contributed by atoms with van der Waals surface area (Å²) in [5.41, 5.74) is 4.83. The Morgan fingerprint density at radius 2 is 2.00 bits per heavy atom. The molecule has 1 aromatic heterocycles. The van der Waals surface area contributed by atoms with Gasteiger partial charge in [0.2, 0.25) is 0 Å². The molecule has 0 fully saturated rings. The third-order valence-electron chi connectivity index (χ3n) is 2.76. The highest BCUT2D eigenvalue weighted by Crippen LogP contribution is 2.17. The number of aromatic nitrogens is 2. The van der Waals surface area contributed by atoms with Gasteiger partial charge in [-0.25, -0.2) is 4.98 Å². The largest absolute Gasteiger partial charge is 0.342 e. The Labute approximate surface area is 89.9 Å². The van der Waals surface area contributed by atoms with Crippen LogP contribution in [0.1, 0.15) is 17.0 Å². The van der Waals surface area contributed by atoms with Gasteiger partial charge in [-0.2, -0.15) is 0 Å². The molecule has 0 atom stereocenters. The molecule has 3 nitrogen and oxygen atoms in total. The van der Waals surface area contributed by atoms with Gasteiger partial charge >= 0.3 is 0 Å². The molecule has 0 aliphatic carbocycles. The average Bonchev–Trinajstić information content (AvgIpc) is 2.58. The number of imidazole rings is 1. The summed E-state index contributed by atoms with van der Waals surface area (Å²) in [5.74, 6) is 1.06. The molecular weight excluding hydrogens is 186 g/mol. The van der Waals surface area contributed by atoms with E-state index < -0.39 is 0 Å². The fraction of sp³-hybridized carbons (Fsp3) is 0.417. The lowest BCUT2D eigenvalue weighted by Crippen LogP contribution is -2.10. The van der Waals surface area contributed by atoms with Crippen molar-refractivity contribution in [3.05, 3.63) is 29.1 Å². The van der Waals surface area contributed by atoms with E-state index in [9.17, 15) is 0 Å². The van der Waals surface area contributed by atoms with Crippen molar-refractivity contribution < 1.29 is 0 Å². The van der Waals surface area contributed by atoms with Crippen LogP contribution in [0, 0.1) is 13.8 Å². The number of hydrogen-bond donors (Lipinski definition) is 2. The highest BCUT2D eigenvalue weighted by molar-refractivity contribution is 5.77. The van der Waals surface area contributed by atoms with Crippen LogP contribution in [0.3, 0.4) is 0 Å². The lowest BCUT2D eigenvalue weighted by Gasteiger charge is -1.97. The van der Waals surface area contributed by atoms with E-state index in [1.54, 1.807) is 0 Å². The van der Waals surface area contributed by atoms with E-state index in [2.05, 4.69) is 41.3 Å². The van der Waals surface area contributed by atoms with Crippen LogP contribution < -0.4 is 5.32 Å². The summed E-state index contributed by atoms with van der Waals surface area (Å²) < 4.78 is 0. The van der Waals surface area contributed by atoms with Crippen molar-refractivity contribution in [2.24, 2.45) is 0 Å². The van der Waals surface area contributed by atoms with E-state index >= 15 is 0 Å². The Balaban J connectivity index is 2.38. The first-order valence-corrected chi connectivity index (χ1v) is 5.31. The molecule has 1 aromatic carbocycles. The van der Waals surface area contributed by atoms with Gasteiger partial charge in [-0.15, -0.1) is 0 Å². The monoisotopic (exact) mass is 203 g/mol. The topological polar surface area (TPSA) is 40.7 Å². The summed E-state index contributed by atoms with van der Waals surface area (Å²) in [6.07, 6.45) is 0.948. The summed E-state index contributed by atoms with van der Waals surface area (Å²) in [7, 11) is 1.96. The number of hydrogen-bond acceptors (Lipinski definition) is 2. The van der Waals surface area contributed by atoms with Crippen LogP contribution >= 0.6 is 0 Å². The predicted octanol–water partition coefficient (Wildman–Crippen LogP) is 1.94. The number of fused-ring (bicyclic) bond motifs is 1. The zero-order chi connectivity index (χ0) is 10.8. The van der Waals surface area contributed by atoms with Gasteiger partial charge in [0.05, 0.1) is 11.0 Å². The Hall–Kier alpha value is -1.35. The number of benzene rings is 1. The van der Waals surface area contributed by atoms with Crippen LogP contribution in [0.2, 0.25) is 0 Å². The quantitative estimate of drug-likeness (QED) is 0.800. The standard InChI is InChI=1S/C12H17N3/c1-8-6-10-11(7-9(8)2)15-12(14-10)4-5-13-3/h6-7,13H,4-5H2,1-3H3,(H,14,15). The van der Waals surface area contributed by atoms with E-state index in [-0.39, 0.29) is 0 Å². The van der Waals surface area contributed by atoms with Crippen molar-refractivity contribution >= 4 is 11.0 Å². The molecule has 1 heterocycles. The van der Waals surface area contributed by atoms with Crippen LogP contribution in [0.5, 0.6) is 0 Å². The van der Waals surface area contributed by atoms with Gasteiger partial charge < -0.3 is 10.3 Å². The van der Waals surface area contributed by atoms with Crippen LogP contribution in [0.4, 0.5) is 0 Å². The van der Waals surface area contributed by atoms with Gasteiger partial charge in [-0.3, -0.25) is 0 Å². The van der Waals surface area contributed by atoms with Crippen molar-refractivity contribution in [3.8, 4) is 0 Å². The molecule has 3 heteroatoms. The minimum Gasteiger partial charge on any atom is -0.342 e. The maximum Gasteiger partial charge on any atom is 0.108 e. The lowest BCUT2D eigenvalue weighted by molar-refractivity contribution is 0.766. The van der Waals surface area contributed by atoms with Crippen molar-refractivity contribution in [2.75, 3.05) is 13.6 Å². The summed E-state index contributed by atoms with van der Waals surface area (Å²) >= 11 is 0. The molecule has 2 rings (SSSR count). The fourth-order valence-electron chi connectivity index (χ4n) is 1.68. The Bertz CT molecular complexity index is 432. The molecule has 0 aliphatic heterocycles. The molecule has 0 bridgehead atoms. The minimum absolute atomic E-state index is 0.948. The summed E-state index contributed by atoms with van der Waals surface area (Å²) in [6.45, 7) is 5.21. The fourth-order valence-corrected chi connectivity index (χ4v) is 1.68. The first kappa shape index (κ1) is 10.2. The van der Waals surface area contributed by atoms with Crippen molar-refractivity contribution in [1.29, 1.82) is 0 Å². The minimum atomic E-state index is 0.948. The molecule has 0 aliphatic rings. The van der Waals surface area contributed by atoms with Gasteiger partial charge in [0.1, 0.15) is 5.82 Å². The van der Waals surface area contributed by atoms with E-state index in [4.69, 9.17) is 0 Å². The number of nitrogens with one attached hydrogen (secondary N) is 2. The second-order valence-electron chi connectivity index (χ2n) is 3.99. The van der Waals surface area contributed by atoms with Crippen molar-refractivity contribution in [3.63, 3.8) is 0 Å². The molecule has 0 saturated heterocycles. The molecule has 2 aromatic rings. The zero-order valence-corrected chi connectivity index (χ0v) is 9.52. The van der Waals surface area contributed by atoms with Gasteiger partial charge in [0.25, 0.3) is 0 Å². The smallest absolute Gasteiger partial charge is 0.108 e. The molecule has 0 saturated carbocycles. The Morgan fingerprint density at radius 1 is 1.27 bits per heavy atom. The van der Waals surface area contributed by atoms with E-state index in [1.165, 1.54) is 11.1 Å². The van der Waals surface area contributed by atoms with Crippen LogP contribution in [-0.2, 0) is 6.42 Å². The number of aryl methyl sites for hydroxylation is 2. The van der Waals surface area contributed by atoms with E-state index in [0.717, 1.165) is 29.8 Å². The highest BCUT2D eigenvalue weighted by atomic mass is 14.9. The van der Waals surface area contributed by atoms with Crippen molar-refractivity contribution in [1.82, 2.24) is 15.3 Å². The summed E-state index contributed by atoms with van der Waals surface area (Å²) in [4.78, 5) is 7.90. The summed E-state index contributed by atoms with van der Waals surface area (Å²) in [5, 5.41) is 3.12. The first-order chi connectivity index (χ1) is 7.20. The Morgan fingerprint density at radius 3 is 2.73 bits per heavy atom. The molecule has 15 heavy (non-hydrogen) atoms. The second-order valence-corrected chi connectivity index (χ2v) is 3.99. The molecule has 2 N–H and O–H groups in total. The van der Waals surface area contributed by atoms with E-state index in [0.29, 0.717) is 0 Å².